The van der Waals surface area contributed by atoms with Crippen molar-refractivity contribution in [1.82, 2.24) is 4.90 Å². The molecule has 3 aromatic carbocycles. The first-order chi connectivity index (χ1) is 17.6. The number of carbonyl (C=O) groups is 3. The molecule has 0 unspecified atom stereocenters. The molecule has 1 aromatic heterocycles. The maximum absolute atomic E-state index is 13.4. The van der Waals surface area contributed by atoms with E-state index < -0.39 is 11.8 Å². The summed E-state index contributed by atoms with van der Waals surface area (Å²) in [7, 11) is 0. The number of benzene rings is 3. The van der Waals surface area contributed by atoms with Gasteiger partial charge in [0.15, 0.2) is 0 Å². The Morgan fingerprint density at radius 1 is 0.806 bits per heavy atom. The minimum Gasteiger partial charge on any atom is -0.467 e. The van der Waals surface area contributed by atoms with Crippen LogP contribution in [0.25, 0.3) is 0 Å². The summed E-state index contributed by atoms with van der Waals surface area (Å²) in [5.41, 5.74) is 2.01. The standard InChI is InChI=1S/C28H21N3O4S/c32-26(19-9-3-1-4-10-19)30-21-13-7-15-23(17-21)36-25-24(29-20-11-5-2-6-12-20)27(33)31(28(25)34)18-22-14-8-16-35-22/h1-17,29H,18H2,(H,30,32). The fourth-order valence-electron chi connectivity index (χ4n) is 3.67. The zero-order valence-electron chi connectivity index (χ0n) is 19.0. The summed E-state index contributed by atoms with van der Waals surface area (Å²) < 4.78 is 5.36. The van der Waals surface area contributed by atoms with Gasteiger partial charge in [0.2, 0.25) is 0 Å². The predicted octanol–water partition coefficient (Wildman–Crippen LogP) is 5.52. The van der Waals surface area contributed by atoms with Gasteiger partial charge >= 0.3 is 0 Å². The van der Waals surface area contributed by atoms with E-state index in [0.29, 0.717) is 27.6 Å². The Kier molecular flexibility index (Phi) is 6.68. The van der Waals surface area contributed by atoms with Crippen LogP contribution in [0.1, 0.15) is 16.1 Å². The minimum absolute atomic E-state index is 0.0296. The number of hydrogen-bond donors (Lipinski definition) is 2. The zero-order chi connectivity index (χ0) is 24.9. The van der Waals surface area contributed by atoms with E-state index in [1.807, 2.05) is 42.5 Å². The molecule has 0 fully saturated rings. The summed E-state index contributed by atoms with van der Waals surface area (Å²) in [4.78, 5) is 41.3. The zero-order valence-corrected chi connectivity index (χ0v) is 19.8. The van der Waals surface area contributed by atoms with Gasteiger partial charge in [0, 0.05) is 21.8 Å². The largest absolute Gasteiger partial charge is 0.467 e. The number of hydrogen-bond acceptors (Lipinski definition) is 6. The number of thioether (sulfide) groups is 1. The Morgan fingerprint density at radius 2 is 1.53 bits per heavy atom. The normalized spacial score (nSPS) is 13.3. The number of nitrogens with zero attached hydrogens (tertiary/aromatic N) is 1. The van der Waals surface area contributed by atoms with Crippen LogP contribution in [0.4, 0.5) is 11.4 Å². The van der Waals surface area contributed by atoms with Crippen LogP contribution in [-0.2, 0) is 16.1 Å². The summed E-state index contributed by atoms with van der Waals surface area (Å²) >= 11 is 1.17. The lowest BCUT2D eigenvalue weighted by molar-refractivity contribution is -0.138. The molecule has 8 heteroatoms. The van der Waals surface area contributed by atoms with Crippen LogP contribution < -0.4 is 10.6 Å². The van der Waals surface area contributed by atoms with Crippen molar-refractivity contribution in [3.05, 3.63) is 125 Å². The predicted molar refractivity (Wildman–Crippen MR) is 138 cm³/mol. The summed E-state index contributed by atoms with van der Waals surface area (Å²) in [6.07, 6.45) is 1.50. The molecular formula is C28H21N3O4S. The summed E-state index contributed by atoms with van der Waals surface area (Å²) in [6.45, 7) is 0.0296. The molecule has 1 aliphatic heterocycles. The van der Waals surface area contributed by atoms with E-state index in [9.17, 15) is 14.4 Å². The third-order valence-electron chi connectivity index (χ3n) is 5.41. The van der Waals surface area contributed by atoms with Crippen LogP contribution in [0.5, 0.6) is 0 Å². The van der Waals surface area contributed by atoms with Crippen LogP contribution in [0.15, 0.2) is 123 Å². The number of nitrogens with one attached hydrogen (secondary N) is 2. The Labute approximate surface area is 211 Å². The number of carbonyl (C=O) groups excluding carboxylic acids is 3. The van der Waals surface area contributed by atoms with Crippen molar-refractivity contribution in [3.8, 4) is 0 Å². The Morgan fingerprint density at radius 3 is 2.25 bits per heavy atom. The maximum Gasteiger partial charge on any atom is 0.278 e. The molecule has 0 radical (unpaired) electrons. The lowest BCUT2D eigenvalue weighted by atomic mass is 10.2. The van der Waals surface area contributed by atoms with E-state index in [0.717, 1.165) is 4.90 Å². The first kappa shape index (κ1) is 23.2. The highest BCUT2D eigenvalue weighted by molar-refractivity contribution is 8.04. The first-order valence-corrected chi connectivity index (χ1v) is 12.0. The number of rotatable bonds is 8. The van der Waals surface area contributed by atoms with E-state index >= 15 is 0 Å². The smallest absolute Gasteiger partial charge is 0.278 e. The van der Waals surface area contributed by atoms with E-state index in [1.165, 1.54) is 18.0 Å². The van der Waals surface area contributed by atoms with Crippen LogP contribution in [0, 0.1) is 0 Å². The second-order valence-corrected chi connectivity index (χ2v) is 9.00. The molecule has 2 heterocycles. The lowest BCUT2D eigenvalue weighted by Gasteiger charge is -2.13. The summed E-state index contributed by atoms with van der Waals surface area (Å²) in [6, 6.07) is 28.7. The van der Waals surface area contributed by atoms with Crippen molar-refractivity contribution >= 4 is 40.9 Å². The molecule has 1 aliphatic rings. The minimum atomic E-state index is -0.434. The maximum atomic E-state index is 13.4. The topological polar surface area (TPSA) is 91.7 Å². The Hall–Kier alpha value is -4.56. The Bertz CT molecular complexity index is 1430. The number of anilines is 2. The molecule has 0 spiro atoms. The first-order valence-electron chi connectivity index (χ1n) is 11.2. The van der Waals surface area contributed by atoms with Gasteiger partial charge in [0.1, 0.15) is 16.4 Å². The molecule has 3 amide bonds. The van der Waals surface area contributed by atoms with Gasteiger partial charge < -0.3 is 15.1 Å². The van der Waals surface area contributed by atoms with Crippen LogP contribution >= 0.6 is 11.8 Å². The van der Waals surface area contributed by atoms with E-state index in [-0.39, 0.29) is 23.1 Å². The van der Waals surface area contributed by atoms with E-state index in [2.05, 4.69) is 10.6 Å². The number of imide groups is 1. The second kappa shape index (κ2) is 10.4. The summed E-state index contributed by atoms with van der Waals surface area (Å²) in [5.74, 6) is -0.581. The van der Waals surface area contributed by atoms with Crippen molar-refractivity contribution in [1.29, 1.82) is 0 Å². The van der Waals surface area contributed by atoms with Crippen LogP contribution in [0.2, 0.25) is 0 Å². The average Bonchev–Trinajstić information content (AvgIpc) is 3.49. The third-order valence-corrected chi connectivity index (χ3v) is 6.48. The molecule has 0 saturated heterocycles. The SMILES string of the molecule is O=C(Nc1cccc(SC2=C(Nc3ccccc3)C(=O)N(Cc3ccco3)C2=O)c1)c1ccccc1. The molecule has 4 aromatic rings. The molecule has 178 valence electrons. The van der Waals surface area contributed by atoms with Gasteiger partial charge in [0.05, 0.1) is 12.8 Å². The number of furan rings is 1. The second-order valence-electron chi connectivity index (χ2n) is 7.92. The van der Waals surface area contributed by atoms with Gasteiger partial charge in [-0.25, -0.2) is 0 Å². The van der Waals surface area contributed by atoms with Gasteiger partial charge in [-0.3, -0.25) is 19.3 Å². The van der Waals surface area contributed by atoms with Gasteiger partial charge in [-0.2, -0.15) is 0 Å². The van der Waals surface area contributed by atoms with Crippen LogP contribution in [-0.4, -0.2) is 22.6 Å². The highest BCUT2D eigenvalue weighted by Gasteiger charge is 2.39. The molecule has 0 aliphatic carbocycles. The van der Waals surface area contributed by atoms with Gasteiger partial charge in [0.25, 0.3) is 17.7 Å². The highest BCUT2D eigenvalue weighted by Crippen LogP contribution is 2.37. The van der Waals surface area contributed by atoms with Crippen LogP contribution in [0.3, 0.4) is 0 Å². The number of para-hydroxylation sites is 1. The summed E-state index contributed by atoms with van der Waals surface area (Å²) in [5, 5.41) is 5.99. The van der Waals surface area contributed by atoms with Crippen molar-refractivity contribution in [2.45, 2.75) is 11.4 Å². The average molecular weight is 496 g/mol. The van der Waals surface area contributed by atoms with Crippen molar-refractivity contribution < 1.29 is 18.8 Å². The molecule has 36 heavy (non-hydrogen) atoms. The van der Waals surface area contributed by atoms with Gasteiger partial charge in [-0.1, -0.05) is 54.2 Å². The quantitative estimate of drug-likeness (QED) is 0.313. The fraction of sp³-hybridized carbons (Fsp3) is 0.0357. The lowest BCUT2D eigenvalue weighted by Crippen LogP contribution is -2.31. The van der Waals surface area contributed by atoms with Crippen molar-refractivity contribution in [2.24, 2.45) is 0 Å². The fourth-order valence-corrected chi connectivity index (χ4v) is 4.68. The van der Waals surface area contributed by atoms with Crippen molar-refractivity contribution in [2.75, 3.05) is 10.6 Å². The van der Waals surface area contributed by atoms with Gasteiger partial charge in [-0.05, 0) is 54.6 Å². The molecule has 5 rings (SSSR count). The third kappa shape index (κ3) is 5.08. The molecule has 0 atom stereocenters. The Balaban J connectivity index is 1.41. The van der Waals surface area contributed by atoms with Gasteiger partial charge in [-0.15, -0.1) is 0 Å². The molecule has 0 bridgehead atoms. The molecule has 2 N–H and O–H groups in total. The molecular weight excluding hydrogens is 474 g/mol. The van der Waals surface area contributed by atoms with E-state index in [4.69, 9.17) is 4.42 Å². The number of amides is 3. The highest BCUT2D eigenvalue weighted by atomic mass is 32.2. The molecule has 7 nitrogen and oxygen atoms in total. The van der Waals surface area contributed by atoms with E-state index in [1.54, 1.807) is 54.6 Å². The molecule has 0 saturated carbocycles. The van der Waals surface area contributed by atoms with Crippen molar-refractivity contribution in [3.63, 3.8) is 0 Å². The monoisotopic (exact) mass is 495 g/mol.